The summed E-state index contributed by atoms with van der Waals surface area (Å²) in [6, 6.07) is 19.3. The van der Waals surface area contributed by atoms with Crippen LogP contribution in [0.15, 0.2) is 82.6 Å². The van der Waals surface area contributed by atoms with Crippen molar-refractivity contribution >= 4 is 27.5 Å². The number of ether oxygens (including phenoxy) is 1. The fourth-order valence-electron chi connectivity index (χ4n) is 3.47. The molecule has 0 aromatic heterocycles. The zero-order valence-electron chi connectivity index (χ0n) is 16.9. The Hall–Kier alpha value is -3.78. The number of nitrogens with one attached hydrogen (secondary N) is 1. The molecule has 0 saturated heterocycles. The number of rotatable bonds is 6. The Morgan fingerprint density at radius 3 is 2.31 bits per heavy atom. The van der Waals surface area contributed by atoms with Crippen LogP contribution in [0.1, 0.15) is 31.8 Å². The van der Waals surface area contributed by atoms with E-state index in [1.54, 1.807) is 6.07 Å². The SMILES string of the molecule is O=C(COC(=O)c1ccc2c(c1)S(=O)(=O)c1ccccc1C2=O)NCCc1ccccc1. The number of carbonyl (C=O) groups is 3. The second-order valence-corrected chi connectivity index (χ2v) is 9.09. The zero-order valence-corrected chi connectivity index (χ0v) is 17.7. The third-order valence-electron chi connectivity index (χ3n) is 5.09. The molecule has 0 saturated carbocycles. The molecule has 1 heterocycles. The maximum absolute atomic E-state index is 12.9. The molecule has 0 atom stereocenters. The van der Waals surface area contributed by atoms with E-state index in [1.165, 1.54) is 30.3 Å². The van der Waals surface area contributed by atoms with Crippen LogP contribution in [0.25, 0.3) is 0 Å². The lowest BCUT2D eigenvalue weighted by Crippen LogP contribution is -2.30. The Morgan fingerprint density at radius 2 is 1.53 bits per heavy atom. The van der Waals surface area contributed by atoms with Crippen molar-refractivity contribution < 1.29 is 27.5 Å². The summed E-state index contributed by atoms with van der Waals surface area (Å²) in [6.45, 7) is -0.113. The predicted octanol–water partition coefficient (Wildman–Crippen LogP) is 2.58. The lowest BCUT2D eigenvalue weighted by molar-refractivity contribution is -0.124. The standard InChI is InChI=1S/C24H19NO6S/c26-22(25-13-12-16-6-2-1-3-7-16)15-31-24(28)17-10-11-19-21(14-17)32(29,30)20-9-5-4-8-18(20)23(19)27/h1-11,14H,12-13,15H2,(H,25,26). The van der Waals surface area contributed by atoms with Crippen molar-refractivity contribution in [2.75, 3.05) is 13.2 Å². The van der Waals surface area contributed by atoms with E-state index in [9.17, 15) is 22.8 Å². The van der Waals surface area contributed by atoms with Crippen LogP contribution >= 0.6 is 0 Å². The van der Waals surface area contributed by atoms with Crippen molar-refractivity contribution in [1.29, 1.82) is 0 Å². The normalized spacial score (nSPS) is 13.6. The molecule has 8 heteroatoms. The number of esters is 1. The van der Waals surface area contributed by atoms with Crippen LogP contribution < -0.4 is 5.32 Å². The first-order chi connectivity index (χ1) is 15.4. The van der Waals surface area contributed by atoms with E-state index in [1.807, 2.05) is 30.3 Å². The molecule has 0 bridgehead atoms. The van der Waals surface area contributed by atoms with Crippen molar-refractivity contribution in [2.45, 2.75) is 16.2 Å². The van der Waals surface area contributed by atoms with E-state index in [-0.39, 0.29) is 26.5 Å². The van der Waals surface area contributed by atoms with Crippen molar-refractivity contribution in [3.05, 3.63) is 95.1 Å². The molecule has 3 aromatic carbocycles. The van der Waals surface area contributed by atoms with Gasteiger partial charge in [0, 0.05) is 17.7 Å². The molecule has 0 unspecified atom stereocenters. The van der Waals surface area contributed by atoms with Gasteiger partial charge in [-0.15, -0.1) is 0 Å². The van der Waals surface area contributed by atoms with Crippen LogP contribution in [-0.4, -0.2) is 39.2 Å². The van der Waals surface area contributed by atoms with Crippen molar-refractivity contribution in [1.82, 2.24) is 5.32 Å². The van der Waals surface area contributed by atoms with Crippen LogP contribution in [0.2, 0.25) is 0 Å². The quantitative estimate of drug-likeness (QED) is 0.454. The summed E-state index contributed by atoms with van der Waals surface area (Å²) < 4.78 is 30.9. The number of hydrogen-bond acceptors (Lipinski definition) is 6. The lowest BCUT2D eigenvalue weighted by atomic mass is 10.0. The number of fused-ring (bicyclic) bond motifs is 2. The third-order valence-corrected chi connectivity index (χ3v) is 6.94. The molecule has 0 spiro atoms. The second-order valence-electron chi connectivity index (χ2n) is 7.20. The number of benzene rings is 3. The maximum atomic E-state index is 12.9. The smallest absolute Gasteiger partial charge is 0.338 e. The monoisotopic (exact) mass is 449 g/mol. The Balaban J connectivity index is 1.42. The van der Waals surface area contributed by atoms with E-state index in [0.717, 1.165) is 11.6 Å². The Labute approximate surface area is 185 Å². The van der Waals surface area contributed by atoms with Crippen molar-refractivity contribution in [3.8, 4) is 0 Å². The molecule has 0 fully saturated rings. The van der Waals surface area contributed by atoms with Crippen molar-refractivity contribution in [3.63, 3.8) is 0 Å². The lowest BCUT2D eigenvalue weighted by Gasteiger charge is -2.19. The van der Waals surface area contributed by atoms with Crippen LogP contribution in [0, 0.1) is 0 Å². The molecule has 1 aliphatic heterocycles. The minimum atomic E-state index is -3.97. The summed E-state index contributed by atoms with van der Waals surface area (Å²) in [5.41, 5.74) is 1.11. The first-order valence-corrected chi connectivity index (χ1v) is 11.4. The fourth-order valence-corrected chi connectivity index (χ4v) is 5.14. The predicted molar refractivity (Wildman–Crippen MR) is 115 cm³/mol. The highest BCUT2D eigenvalue weighted by molar-refractivity contribution is 7.91. The van der Waals surface area contributed by atoms with Crippen molar-refractivity contribution in [2.24, 2.45) is 0 Å². The van der Waals surface area contributed by atoms with E-state index in [2.05, 4.69) is 5.32 Å². The molecular weight excluding hydrogens is 430 g/mol. The molecule has 4 rings (SSSR count). The maximum Gasteiger partial charge on any atom is 0.338 e. The van der Waals surface area contributed by atoms with Gasteiger partial charge in [0.15, 0.2) is 12.4 Å². The summed E-state index contributed by atoms with van der Waals surface area (Å²) in [6.07, 6.45) is 0.638. The van der Waals surface area contributed by atoms with Gasteiger partial charge in [-0.2, -0.15) is 0 Å². The average molecular weight is 449 g/mol. The van der Waals surface area contributed by atoms with Crippen LogP contribution in [-0.2, 0) is 25.8 Å². The summed E-state index contributed by atoms with van der Waals surface area (Å²) in [7, 11) is -3.97. The molecule has 1 amide bonds. The summed E-state index contributed by atoms with van der Waals surface area (Å²) in [4.78, 5) is 36.7. The number of ketones is 1. The van der Waals surface area contributed by atoms with Gasteiger partial charge in [0.1, 0.15) is 0 Å². The first kappa shape index (κ1) is 21.5. The van der Waals surface area contributed by atoms with Gasteiger partial charge in [-0.1, -0.05) is 42.5 Å². The molecular formula is C24H19NO6S. The van der Waals surface area contributed by atoms with Gasteiger partial charge >= 0.3 is 5.97 Å². The third kappa shape index (κ3) is 4.17. The van der Waals surface area contributed by atoms with Crippen LogP contribution in [0.4, 0.5) is 0 Å². The molecule has 1 N–H and O–H groups in total. The molecule has 1 aliphatic rings. The van der Waals surface area contributed by atoms with Gasteiger partial charge in [-0.25, -0.2) is 13.2 Å². The first-order valence-electron chi connectivity index (χ1n) is 9.88. The highest BCUT2D eigenvalue weighted by Crippen LogP contribution is 2.34. The number of sulfone groups is 1. The van der Waals surface area contributed by atoms with Crippen LogP contribution in [0.3, 0.4) is 0 Å². The number of carbonyl (C=O) groups excluding carboxylic acids is 3. The Morgan fingerprint density at radius 1 is 0.844 bits per heavy atom. The highest BCUT2D eigenvalue weighted by Gasteiger charge is 2.35. The van der Waals surface area contributed by atoms with Gasteiger partial charge in [-0.05, 0) is 42.3 Å². The van der Waals surface area contributed by atoms with E-state index in [4.69, 9.17) is 4.74 Å². The van der Waals surface area contributed by atoms with Gasteiger partial charge in [0.05, 0.1) is 15.4 Å². The molecule has 32 heavy (non-hydrogen) atoms. The van der Waals surface area contributed by atoms with Gasteiger partial charge < -0.3 is 10.1 Å². The fraction of sp³-hybridized carbons (Fsp3) is 0.125. The van der Waals surface area contributed by atoms with E-state index >= 15 is 0 Å². The van der Waals surface area contributed by atoms with Crippen LogP contribution in [0.5, 0.6) is 0 Å². The topological polar surface area (TPSA) is 107 Å². The molecule has 7 nitrogen and oxygen atoms in total. The number of amides is 1. The van der Waals surface area contributed by atoms with E-state index < -0.39 is 34.1 Å². The molecule has 0 aliphatic carbocycles. The zero-order chi connectivity index (χ0) is 22.7. The van der Waals surface area contributed by atoms with Gasteiger partial charge in [-0.3, -0.25) is 9.59 Å². The molecule has 0 radical (unpaired) electrons. The van der Waals surface area contributed by atoms with Gasteiger partial charge in [0.25, 0.3) is 5.91 Å². The Bertz CT molecular complexity index is 1320. The summed E-state index contributed by atoms with van der Waals surface area (Å²) in [5, 5.41) is 2.66. The molecule has 3 aromatic rings. The van der Waals surface area contributed by atoms with Gasteiger partial charge in [0.2, 0.25) is 9.84 Å². The largest absolute Gasteiger partial charge is 0.452 e. The second kappa shape index (κ2) is 8.76. The summed E-state index contributed by atoms with van der Waals surface area (Å²) >= 11 is 0. The number of hydrogen-bond donors (Lipinski definition) is 1. The van der Waals surface area contributed by atoms with E-state index in [0.29, 0.717) is 13.0 Å². The summed E-state index contributed by atoms with van der Waals surface area (Å²) in [5.74, 6) is -1.75. The molecule has 162 valence electrons. The Kier molecular flexibility index (Phi) is 5.87. The highest BCUT2D eigenvalue weighted by atomic mass is 32.2. The minimum absolute atomic E-state index is 0.00101. The average Bonchev–Trinajstić information content (AvgIpc) is 2.81. The minimum Gasteiger partial charge on any atom is -0.452 e.